The Morgan fingerprint density at radius 3 is 2.58 bits per heavy atom. The van der Waals surface area contributed by atoms with Crippen molar-refractivity contribution in [2.24, 2.45) is 0 Å². The lowest BCUT2D eigenvalue weighted by atomic mass is 9.58. The number of nitrogens with zero attached hydrogens (tertiary/aromatic N) is 3. The van der Waals surface area contributed by atoms with Gasteiger partial charge in [0.2, 0.25) is 0 Å². The lowest BCUT2D eigenvalue weighted by Gasteiger charge is -2.47. The van der Waals surface area contributed by atoms with Gasteiger partial charge < -0.3 is 14.9 Å². The highest BCUT2D eigenvalue weighted by molar-refractivity contribution is 6.75. The van der Waals surface area contributed by atoms with E-state index in [-0.39, 0.29) is 13.1 Å². The van der Waals surface area contributed by atoms with Crippen molar-refractivity contribution in [2.75, 3.05) is 4.81 Å². The van der Waals surface area contributed by atoms with E-state index in [0.717, 1.165) is 5.82 Å². The van der Waals surface area contributed by atoms with Crippen LogP contribution < -0.4 is 15.6 Å². The van der Waals surface area contributed by atoms with Gasteiger partial charge in [-0.25, -0.2) is 4.98 Å². The molecule has 1 aromatic carbocycles. The minimum Gasteiger partial charge on any atom is -0.374 e. The van der Waals surface area contributed by atoms with Crippen LogP contribution in [0.15, 0.2) is 48.9 Å². The van der Waals surface area contributed by atoms with Crippen LogP contribution in [0.3, 0.4) is 0 Å². The van der Waals surface area contributed by atoms with Crippen LogP contribution >= 0.6 is 0 Å². The third-order valence-electron chi connectivity index (χ3n) is 5.06. The van der Waals surface area contributed by atoms with E-state index in [9.17, 15) is 0 Å². The van der Waals surface area contributed by atoms with Gasteiger partial charge in [0.25, 0.3) is 0 Å². The molecule has 0 saturated carbocycles. The second kappa shape index (κ2) is 5.58. The van der Waals surface area contributed by atoms with Crippen LogP contribution in [0, 0.1) is 13.8 Å². The SMILES string of the molecule is Cc1cccc(C)c1B1N2C=CNC2c2cccnc2N1C(C)C. The summed E-state index contributed by atoms with van der Waals surface area (Å²) in [6.45, 7) is 9.04. The molecule has 1 unspecified atom stereocenters. The summed E-state index contributed by atoms with van der Waals surface area (Å²) >= 11 is 0. The molecule has 0 saturated heterocycles. The summed E-state index contributed by atoms with van der Waals surface area (Å²) in [7, 11) is 0. The van der Waals surface area contributed by atoms with E-state index in [0.29, 0.717) is 6.04 Å². The number of nitrogens with one attached hydrogen (secondary N) is 1. The smallest absolute Gasteiger partial charge is 0.374 e. The van der Waals surface area contributed by atoms with Crippen molar-refractivity contribution in [1.82, 2.24) is 15.1 Å². The van der Waals surface area contributed by atoms with Gasteiger partial charge in [-0.3, -0.25) is 0 Å². The van der Waals surface area contributed by atoms with Crippen LogP contribution in [-0.2, 0) is 0 Å². The maximum atomic E-state index is 4.75. The second-order valence-electron chi connectivity index (χ2n) is 6.93. The highest BCUT2D eigenvalue weighted by Crippen LogP contribution is 2.37. The van der Waals surface area contributed by atoms with Crippen molar-refractivity contribution >= 4 is 18.3 Å². The van der Waals surface area contributed by atoms with Crippen LogP contribution in [0.25, 0.3) is 0 Å². The quantitative estimate of drug-likeness (QED) is 0.863. The molecule has 1 aromatic heterocycles. The van der Waals surface area contributed by atoms with Gasteiger partial charge in [0, 0.05) is 30.2 Å². The molecule has 24 heavy (non-hydrogen) atoms. The number of fused-ring (bicyclic) bond motifs is 3. The number of hydrogen-bond donors (Lipinski definition) is 1. The Morgan fingerprint density at radius 2 is 1.88 bits per heavy atom. The number of benzene rings is 1. The van der Waals surface area contributed by atoms with E-state index in [2.05, 4.69) is 73.1 Å². The number of aromatic nitrogens is 1. The molecule has 5 heteroatoms. The van der Waals surface area contributed by atoms with E-state index in [4.69, 9.17) is 4.98 Å². The maximum Gasteiger partial charge on any atom is 0.414 e. The Labute approximate surface area is 144 Å². The molecule has 0 bridgehead atoms. The summed E-state index contributed by atoms with van der Waals surface area (Å²) in [6.07, 6.45) is 6.26. The van der Waals surface area contributed by atoms with Crippen LogP contribution in [0.4, 0.5) is 5.82 Å². The molecule has 0 aliphatic carbocycles. The zero-order valence-corrected chi connectivity index (χ0v) is 14.7. The Bertz CT molecular complexity index is 781. The molecule has 2 aliphatic rings. The lowest BCUT2D eigenvalue weighted by Crippen LogP contribution is -2.65. The van der Waals surface area contributed by atoms with Crippen molar-refractivity contribution < 1.29 is 0 Å². The van der Waals surface area contributed by atoms with E-state index in [1.807, 2.05) is 18.5 Å². The first-order valence-electron chi connectivity index (χ1n) is 8.59. The zero-order chi connectivity index (χ0) is 16.8. The molecule has 1 N–H and O–H groups in total. The number of anilines is 1. The standard InChI is InChI=1S/C19H23BN4/c1-13(2)24-19-16(9-6-10-21-19)18-22-11-12-23(18)20(24)17-14(3)7-5-8-15(17)4/h5-13,18,22H,1-4H3. The molecule has 0 fully saturated rings. The van der Waals surface area contributed by atoms with Crippen LogP contribution in [0.2, 0.25) is 0 Å². The van der Waals surface area contributed by atoms with Crippen molar-refractivity contribution in [3.63, 3.8) is 0 Å². The van der Waals surface area contributed by atoms with Gasteiger partial charge >= 0.3 is 6.98 Å². The summed E-state index contributed by atoms with van der Waals surface area (Å²) in [5, 5.41) is 3.49. The highest BCUT2D eigenvalue weighted by Gasteiger charge is 2.46. The second-order valence-corrected chi connectivity index (χ2v) is 6.93. The van der Waals surface area contributed by atoms with Crippen molar-refractivity contribution in [3.8, 4) is 0 Å². The lowest BCUT2D eigenvalue weighted by molar-refractivity contribution is 0.409. The highest BCUT2D eigenvalue weighted by atomic mass is 15.4. The number of rotatable bonds is 2. The molecular formula is C19H23BN4. The molecule has 2 aliphatic heterocycles. The van der Waals surface area contributed by atoms with Crippen LogP contribution in [-0.4, -0.2) is 22.8 Å². The van der Waals surface area contributed by atoms with Crippen molar-refractivity contribution in [1.29, 1.82) is 0 Å². The molecule has 3 heterocycles. The Morgan fingerprint density at radius 1 is 1.12 bits per heavy atom. The molecule has 0 spiro atoms. The van der Waals surface area contributed by atoms with Crippen molar-refractivity contribution in [2.45, 2.75) is 39.9 Å². The number of hydrogen-bond acceptors (Lipinski definition) is 4. The molecular weight excluding hydrogens is 295 g/mol. The van der Waals surface area contributed by atoms with E-state index < -0.39 is 0 Å². The fraction of sp³-hybridized carbons (Fsp3) is 0.316. The molecule has 1 atom stereocenters. The minimum absolute atomic E-state index is 0.143. The van der Waals surface area contributed by atoms with Gasteiger partial charge in [-0.15, -0.1) is 0 Å². The molecule has 0 radical (unpaired) electrons. The van der Waals surface area contributed by atoms with E-state index in [1.165, 1.54) is 22.2 Å². The average Bonchev–Trinajstić information content (AvgIpc) is 3.04. The van der Waals surface area contributed by atoms with Gasteiger partial charge in [0.1, 0.15) is 12.0 Å². The van der Waals surface area contributed by atoms with Gasteiger partial charge in [0.15, 0.2) is 0 Å². The monoisotopic (exact) mass is 318 g/mol. The van der Waals surface area contributed by atoms with Crippen LogP contribution in [0.1, 0.15) is 36.7 Å². The molecule has 122 valence electrons. The molecule has 0 amide bonds. The Kier molecular flexibility index (Phi) is 3.52. The van der Waals surface area contributed by atoms with Crippen LogP contribution in [0.5, 0.6) is 0 Å². The van der Waals surface area contributed by atoms with Gasteiger partial charge in [0.05, 0.1) is 0 Å². The van der Waals surface area contributed by atoms with E-state index in [1.54, 1.807) is 0 Å². The third kappa shape index (κ3) is 2.11. The van der Waals surface area contributed by atoms with E-state index >= 15 is 0 Å². The fourth-order valence-electron chi connectivity index (χ4n) is 4.01. The molecule has 4 rings (SSSR count). The summed E-state index contributed by atoms with van der Waals surface area (Å²) in [6, 6.07) is 11.1. The molecule has 4 nitrogen and oxygen atoms in total. The third-order valence-corrected chi connectivity index (χ3v) is 5.06. The summed E-state index contributed by atoms with van der Waals surface area (Å²) in [4.78, 5) is 9.61. The predicted octanol–water partition coefficient (Wildman–Crippen LogP) is 2.70. The Hall–Kier alpha value is -2.43. The topological polar surface area (TPSA) is 31.4 Å². The first kappa shape index (κ1) is 15.1. The fourth-order valence-corrected chi connectivity index (χ4v) is 4.01. The zero-order valence-electron chi connectivity index (χ0n) is 14.7. The largest absolute Gasteiger partial charge is 0.414 e. The summed E-state index contributed by atoms with van der Waals surface area (Å²) in [5.41, 5.74) is 5.26. The Balaban J connectivity index is 1.96. The molecule has 2 aromatic rings. The van der Waals surface area contributed by atoms with Gasteiger partial charge in [-0.05, 0) is 45.3 Å². The van der Waals surface area contributed by atoms with Gasteiger partial charge in [-0.1, -0.05) is 29.3 Å². The normalized spacial score (nSPS) is 18.7. The summed E-state index contributed by atoms with van der Waals surface area (Å²) in [5.74, 6) is 1.08. The predicted molar refractivity (Wildman–Crippen MR) is 100 cm³/mol. The average molecular weight is 318 g/mol. The maximum absolute atomic E-state index is 4.75. The number of aryl methyl sites for hydroxylation is 2. The van der Waals surface area contributed by atoms with Crippen molar-refractivity contribution in [3.05, 3.63) is 65.6 Å². The minimum atomic E-state index is 0.143. The van der Waals surface area contributed by atoms with Gasteiger partial charge in [-0.2, -0.15) is 0 Å². The first-order chi connectivity index (χ1) is 11.6. The summed E-state index contributed by atoms with van der Waals surface area (Å²) < 4.78 is 0. The first-order valence-corrected chi connectivity index (χ1v) is 8.59. The number of pyridine rings is 1.